The highest BCUT2D eigenvalue weighted by Gasteiger charge is 2.24. The number of anilines is 2. The lowest BCUT2D eigenvalue weighted by Gasteiger charge is -2.19. The van der Waals surface area contributed by atoms with Crippen LogP contribution in [-0.2, 0) is 9.59 Å². The van der Waals surface area contributed by atoms with Gasteiger partial charge in [0, 0.05) is 26.2 Å². The van der Waals surface area contributed by atoms with E-state index >= 15 is 0 Å². The molecule has 5 aromatic rings. The molecule has 5 rings (SSSR count). The van der Waals surface area contributed by atoms with E-state index in [9.17, 15) is 14.4 Å². The van der Waals surface area contributed by atoms with Crippen LogP contribution in [0.2, 0.25) is 10.0 Å². The quantitative estimate of drug-likeness (QED) is 0.0956. The van der Waals surface area contributed by atoms with E-state index in [4.69, 9.17) is 27.9 Å². The Kier molecular flexibility index (Phi) is 11.4. The number of nitrogens with one attached hydrogen (secondary N) is 3. The lowest BCUT2D eigenvalue weighted by atomic mass is 10.1. The van der Waals surface area contributed by atoms with Gasteiger partial charge in [0.05, 0.1) is 12.8 Å². The van der Waals surface area contributed by atoms with Crippen LogP contribution in [0.15, 0.2) is 138 Å². The summed E-state index contributed by atoms with van der Waals surface area (Å²) >= 11 is 13.7. The molecule has 0 saturated carbocycles. The van der Waals surface area contributed by atoms with Crippen LogP contribution in [-0.4, -0.2) is 24.8 Å². The van der Waals surface area contributed by atoms with Gasteiger partial charge in [0.15, 0.2) is 0 Å². The summed E-state index contributed by atoms with van der Waals surface area (Å²) in [5.74, 6) is -0.787. The fourth-order valence-corrected chi connectivity index (χ4v) is 6.02. The summed E-state index contributed by atoms with van der Waals surface area (Å²) in [4.78, 5) is 41.1. The van der Waals surface area contributed by atoms with Gasteiger partial charge in [-0.1, -0.05) is 89.9 Å². The predicted molar refractivity (Wildman–Crippen MR) is 190 cm³/mol. The minimum atomic E-state index is -0.658. The fraction of sp³-hybridized carbons (Fsp3) is 0.0541. The number of thioether (sulfide) groups is 1. The highest BCUT2D eigenvalue weighted by Crippen LogP contribution is 2.38. The van der Waals surface area contributed by atoms with Crippen molar-refractivity contribution in [3.8, 4) is 5.75 Å². The molecule has 0 heterocycles. The smallest absolute Gasteiger partial charge is 0.272 e. The number of ether oxygens (including phenoxy) is 1. The van der Waals surface area contributed by atoms with Crippen LogP contribution in [0.25, 0.3) is 6.08 Å². The topological polar surface area (TPSA) is 96.5 Å². The summed E-state index contributed by atoms with van der Waals surface area (Å²) in [6.07, 6.45) is 1.56. The standard InChI is InChI=1S/C37H29Cl2N3O4S/c1-46-33-19-18-28(39)22-31(33)41-37(45)34(25-11-4-2-5-12-25)47-30-17-9-16-29(23-30)40-36(44)32(21-24-10-8-15-27(38)20-24)42-35(43)26-13-6-3-7-14-26/h2-23,34H,1H3,(H,40,44)(H,41,45)(H,42,43)/b32-21-. The van der Waals surface area contributed by atoms with E-state index in [0.717, 1.165) is 10.5 Å². The van der Waals surface area contributed by atoms with E-state index in [0.29, 0.717) is 38.3 Å². The number of methoxy groups -OCH3 is 1. The van der Waals surface area contributed by atoms with Crippen LogP contribution in [0.1, 0.15) is 26.7 Å². The number of hydrogen-bond donors (Lipinski definition) is 3. The lowest BCUT2D eigenvalue weighted by molar-refractivity contribution is -0.116. The van der Waals surface area contributed by atoms with Crippen molar-refractivity contribution in [3.63, 3.8) is 0 Å². The Balaban J connectivity index is 1.39. The Bertz CT molecular complexity index is 1920. The van der Waals surface area contributed by atoms with Crippen molar-refractivity contribution >= 4 is 70.1 Å². The molecule has 5 aromatic carbocycles. The lowest BCUT2D eigenvalue weighted by Crippen LogP contribution is -2.30. The van der Waals surface area contributed by atoms with Crippen molar-refractivity contribution in [3.05, 3.63) is 160 Å². The Hall–Kier alpha value is -5.02. The molecule has 0 bridgehead atoms. The van der Waals surface area contributed by atoms with Gasteiger partial charge in [-0.3, -0.25) is 14.4 Å². The van der Waals surface area contributed by atoms with E-state index < -0.39 is 17.1 Å². The third-order valence-electron chi connectivity index (χ3n) is 6.79. The van der Waals surface area contributed by atoms with Crippen LogP contribution in [0.5, 0.6) is 5.75 Å². The summed E-state index contributed by atoms with van der Waals surface area (Å²) in [7, 11) is 1.52. The molecule has 0 fully saturated rings. The Morgan fingerprint density at radius 1 is 0.745 bits per heavy atom. The maximum atomic E-state index is 13.7. The van der Waals surface area contributed by atoms with Crippen molar-refractivity contribution in [1.29, 1.82) is 0 Å². The van der Waals surface area contributed by atoms with Crippen molar-refractivity contribution in [2.75, 3.05) is 17.7 Å². The molecule has 0 aliphatic carbocycles. The molecule has 1 unspecified atom stereocenters. The Morgan fingerprint density at radius 2 is 1.45 bits per heavy atom. The zero-order valence-corrected chi connectivity index (χ0v) is 27.4. The first-order chi connectivity index (χ1) is 22.8. The van der Waals surface area contributed by atoms with E-state index in [1.54, 1.807) is 97.1 Å². The summed E-state index contributed by atoms with van der Waals surface area (Å²) in [6, 6.07) is 37.0. The molecule has 7 nitrogen and oxygen atoms in total. The molecule has 0 radical (unpaired) electrons. The number of benzene rings is 5. The Morgan fingerprint density at radius 3 is 2.17 bits per heavy atom. The zero-order chi connectivity index (χ0) is 33.2. The van der Waals surface area contributed by atoms with Gasteiger partial charge in [-0.05, 0) is 77.9 Å². The van der Waals surface area contributed by atoms with Gasteiger partial charge in [-0.2, -0.15) is 0 Å². The van der Waals surface area contributed by atoms with Gasteiger partial charge >= 0.3 is 0 Å². The molecule has 0 aliphatic rings. The molecule has 3 amide bonds. The Labute approximate surface area is 287 Å². The molecule has 0 aliphatic heterocycles. The van der Waals surface area contributed by atoms with Crippen molar-refractivity contribution in [2.24, 2.45) is 0 Å². The number of rotatable bonds is 11. The van der Waals surface area contributed by atoms with Crippen molar-refractivity contribution in [1.82, 2.24) is 5.32 Å². The zero-order valence-electron chi connectivity index (χ0n) is 25.1. The predicted octanol–water partition coefficient (Wildman–Crippen LogP) is 8.88. The fourth-order valence-electron chi connectivity index (χ4n) is 4.56. The monoisotopic (exact) mass is 681 g/mol. The first kappa shape index (κ1) is 33.3. The average Bonchev–Trinajstić information content (AvgIpc) is 3.08. The minimum absolute atomic E-state index is 0.0242. The third-order valence-corrected chi connectivity index (χ3v) is 8.51. The highest BCUT2D eigenvalue weighted by atomic mass is 35.5. The average molecular weight is 683 g/mol. The first-order valence-corrected chi connectivity index (χ1v) is 16.0. The van der Waals surface area contributed by atoms with E-state index in [1.807, 2.05) is 36.4 Å². The van der Waals surface area contributed by atoms with Crippen molar-refractivity contribution in [2.45, 2.75) is 10.1 Å². The van der Waals surface area contributed by atoms with Crippen LogP contribution in [0, 0.1) is 0 Å². The van der Waals surface area contributed by atoms with Gasteiger partial charge in [0.1, 0.15) is 16.7 Å². The largest absolute Gasteiger partial charge is 0.495 e. The maximum absolute atomic E-state index is 13.7. The summed E-state index contributed by atoms with van der Waals surface area (Å²) in [6.45, 7) is 0. The van der Waals surface area contributed by atoms with E-state index in [2.05, 4.69) is 16.0 Å². The second-order valence-corrected chi connectivity index (χ2v) is 12.2. The number of carbonyl (C=O) groups excluding carboxylic acids is 3. The van der Waals surface area contributed by atoms with E-state index in [1.165, 1.54) is 18.9 Å². The molecule has 47 heavy (non-hydrogen) atoms. The second kappa shape index (κ2) is 16.0. The van der Waals surface area contributed by atoms with Crippen LogP contribution < -0.4 is 20.7 Å². The molecule has 0 aromatic heterocycles. The van der Waals surface area contributed by atoms with Crippen LogP contribution in [0.3, 0.4) is 0 Å². The molecule has 0 saturated heterocycles. The molecular weight excluding hydrogens is 653 g/mol. The van der Waals surface area contributed by atoms with Gasteiger partial charge in [0.2, 0.25) is 5.91 Å². The number of amides is 3. The molecule has 236 valence electrons. The highest BCUT2D eigenvalue weighted by molar-refractivity contribution is 8.00. The number of halogens is 2. The van der Waals surface area contributed by atoms with Gasteiger partial charge in [-0.25, -0.2) is 0 Å². The summed E-state index contributed by atoms with van der Waals surface area (Å²) in [5, 5.41) is 8.84. The number of carbonyl (C=O) groups is 3. The van der Waals surface area contributed by atoms with Crippen LogP contribution in [0.4, 0.5) is 11.4 Å². The van der Waals surface area contributed by atoms with E-state index in [-0.39, 0.29) is 11.6 Å². The van der Waals surface area contributed by atoms with Gasteiger partial charge in [0.25, 0.3) is 11.8 Å². The number of hydrogen-bond acceptors (Lipinski definition) is 5. The maximum Gasteiger partial charge on any atom is 0.272 e. The normalized spacial score (nSPS) is 11.7. The molecule has 1 atom stereocenters. The third kappa shape index (κ3) is 9.26. The first-order valence-electron chi connectivity index (χ1n) is 14.4. The molecule has 10 heteroatoms. The van der Waals surface area contributed by atoms with Gasteiger partial charge in [-0.15, -0.1) is 11.8 Å². The molecule has 0 spiro atoms. The SMILES string of the molecule is COc1ccc(Cl)cc1NC(=O)C(Sc1cccc(NC(=O)/C(=C/c2cccc(Cl)c2)NC(=O)c2ccccc2)c1)c1ccccc1. The summed E-state index contributed by atoms with van der Waals surface area (Å²) in [5.41, 5.74) is 2.75. The van der Waals surface area contributed by atoms with Gasteiger partial charge < -0.3 is 20.7 Å². The summed E-state index contributed by atoms with van der Waals surface area (Å²) < 4.78 is 5.41. The van der Waals surface area contributed by atoms with Crippen molar-refractivity contribution < 1.29 is 19.1 Å². The minimum Gasteiger partial charge on any atom is -0.495 e. The van der Waals surface area contributed by atoms with Crippen LogP contribution >= 0.6 is 35.0 Å². The molecule has 3 N–H and O–H groups in total. The second-order valence-electron chi connectivity index (χ2n) is 10.2. The molecular formula is C37H29Cl2N3O4S.